The fourth-order valence-corrected chi connectivity index (χ4v) is 1.94. The van der Waals surface area contributed by atoms with Crippen molar-refractivity contribution in [2.45, 2.75) is 0 Å². The van der Waals surface area contributed by atoms with Crippen molar-refractivity contribution in [3.05, 3.63) is 46.1 Å². The average Bonchev–Trinajstić information content (AvgIpc) is 2.41. The number of pyridine rings is 1. The highest BCUT2D eigenvalue weighted by atomic mass is 35.5. The molecule has 0 saturated carbocycles. The Morgan fingerprint density at radius 1 is 1.35 bits per heavy atom. The summed E-state index contributed by atoms with van der Waals surface area (Å²) in [5, 5.41) is 9.68. The van der Waals surface area contributed by atoms with E-state index in [0.29, 0.717) is 5.02 Å². The zero-order valence-corrected chi connectivity index (χ0v) is 11.8. The first kappa shape index (κ1) is 14.4. The van der Waals surface area contributed by atoms with Crippen LogP contribution in [0.2, 0.25) is 10.0 Å². The van der Waals surface area contributed by atoms with Crippen molar-refractivity contribution in [3.63, 3.8) is 0 Å². The van der Waals surface area contributed by atoms with Crippen LogP contribution in [-0.4, -0.2) is 23.2 Å². The lowest BCUT2D eigenvalue weighted by atomic mass is 10.2. The maximum atomic E-state index is 11.2. The van der Waals surface area contributed by atoms with Crippen LogP contribution >= 0.6 is 23.2 Å². The molecule has 1 heterocycles. The summed E-state index contributed by atoms with van der Waals surface area (Å²) in [5.41, 5.74) is -0.0582. The third kappa shape index (κ3) is 2.95. The number of methoxy groups -OCH3 is 1. The number of aromatic nitrogens is 1. The molecule has 0 aliphatic heterocycles. The van der Waals surface area contributed by atoms with E-state index in [4.69, 9.17) is 37.8 Å². The van der Waals surface area contributed by atoms with Gasteiger partial charge < -0.3 is 14.6 Å². The minimum atomic E-state index is -1.15. The molecule has 1 aromatic heterocycles. The summed E-state index contributed by atoms with van der Waals surface area (Å²) in [6.07, 6.45) is 1.35. The highest BCUT2D eigenvalue weighted by Crippen LogP contribution is 2.37. The van der Waals surface area contributed by atoms with Gasteiger partial charge in [-0.3, -0.25) is 0 Å². The largest absolute Gasteiger partial charge is 0.493 e. The molecule has 1 N–H and O–H groups in total. The second-order valence-electron chi connectivity index (χ2n) is 3.68. The first-order valence-corrected chi connectivity index (χ1v) is 6.17. The molecule has 0 fully saturated rings. The molecule has 0 atom stereocenters. The van der Waals surface area contributed by atoms with Crippen molar-refractivity contribution < 1.29 is 19.4 Å². The Labute approximate surface area is 124 Å². The van der Waals surface area contributed by atoms with Gasteiger partial charge in [0.05, 0.1) is 12.1 Å². The number of aromatic carboxylic acids is 1. The molecule has 104 valence electrons. The molecule has 0 saturated heterocycles. The van der Waals surface area contributed by atoms with Crippen LogP contribution in [0.3, 0.4) is 0 Å². The molecule has 5 nitrogen and oxygen atoms in total. The number of carboxylic acid groups (broad SMARTS) is 1. The number of hydrogen-bond donors (Lipinski definition) is 1. The standard InChI is InChI=1S/C13H9Cl2NO4/c1-19-10-4-2-3-8(13(17)18)11(10)20-12-9(15)5-7(14)6-16-12/h2-6H,1H3,(H,17,18). The van der Waals surface area contributed by atoms with Gasteiger partial charge in [-0.15, -0.1) is 0 Å². The number of halogens is 2. The first-order valence-electron chi connectivity index (χ1n) is 5.42. The van der Waals surface area contributed by atoms with Crippen molar-refractivity contribution in [2.24, 2.45) is 0 Å². The summed E-state index contributed by atoms with van der Waals surface area (Å²) in [7, 11) is 1.41. The van der Waals surface area contributed by atoms with E-state index < -0.39 is 5.97 Å². The van der Waals surface area contributed by atoms with Gasteiger partial charge in [-0.1, -0.05) is 29.3 Å². The fraction of sp³-hybridized carbons (Fsp3) is 0.0769. The van der Waals surface area contributed by atoms with Gasteiger partial charge in [-0.25, -0.2) is 9.78 Å². The van der Waals surface area contributed by atoms with Gasteiger partial charge in [0.1, 0.15) is 10.6 Å². The van der Waals surface area contributed by atoms with E-state index in [0.717, 1.165) is 0 Å². The molecular formula is C13H9Cl2NO4. The predicted octanol–water partition coefficient (Wildman–Crippen LogP) is 3.89. The minimum Gasteiger partial charge on any atom is -0.493 e. The number of carbonyl (C=O) groups is 1. The second kappa shape index (κ2) is 5.98. The quantitative estimate of drug-likeness (QED) is 0.927. The van der Waals surface area contributed by atoms with Gasteiger partial charge in [0.15, 0.2) is 11.5 Å². The van der Waals surface area contributed by atoms with Crippen LogP contribution in [0.4, 0.5) is 0 Å². The van der Waals surface area contributed by atoms with E-state index in [2.05, 4.69) is 4.98 Å². The lowest BCUT2D eigenvalue weighted by molar-refractivity contribution is 0.0693. The first-order chi connectivity index (χ1) is 9.52. The zero-order valence-electron chi connectivity index (χ0n) is 10.3. The molecule has 0 radical (unpaired) electrons. The molecule has 2 aromatic rings. The van der Waals surface area contributed by atoms with Crippen molar-refractivity contribution in [3.8, 4) is 17.4 Å². The molecule has 7 heteroatoms. The van der Waals surface area contributed by atoms with E-state index >= 15 is 0 Å². The van der Waals surface area contributed by atoms with Crippen LogP contribution in [0.5, 0.6) is 17.4 Å². The van der Waals surface area contributed by atoms with E-state index in [1.165, 1.54) is 25.4 Å². The fourth-order valence-electron chi connectivity index (χ4n) is 1.52. The summed E-state index contributed by atoms with van der Waals surface area (Å²) in [6, 6.07) is 5.96. The SMILES string of the molecule is COc1cccc(C(=O)O)c1Oc1ncc(Cl)cc1Cl. The Balaban J connectivity index is 2.49. The van der Waals surface area contributed by atoms with Crippen LogP contribution in [0, 0.1) is 0 Å². The Morgan fingerprint density at radius 2 is 2.10 bits per heavy atom. The zero-order chi connectivity index (χ0) is 14.7. The van der Waals surface area contributed by atoms with Crippen molar-refractivity contribution >= 4 is 29.2 Å². The smallest absolute Gasteiger partial charge is 0.339 e. The molecule has 20 heavy (non-hydrogen) atoms. The van der Waals surface area contributed by atoms with E-state index in [-0.39, 0.29) is 28.0 Å². The molecule has 0 aliphatic rings. The lowest BCUT2D eigenvalue weighted by Gasteiger charge is -2.12. The van der Waals surface area contributed by atoms with Crippen LogP contribution < -0.4 is 9.47 Å². The molecule has 0 bridgehead atoms. The van der Waals surface area contributed by atoms with Gasteiger partial charge >= 0.3 is 5.97 Å². The van der Waals surface area contributed by atoms with Gasteiger partial charge in [0.2, 0.25) is 5.88 Å². The number of carboxylic acids is 1. The number of para-hydroxylation sites is 1. The molecule has 0 amide bonds. The Hall–Kier alpha value is -1.98. The summed E-state index contributed by atoms with van der Waals surface area (Å²) < 4.78 is 10.6. The normalized spacial score (nSPS) is 10.2. The third-order valence-corrected chi connectivity index (χ3v) is 2.88. The predicted molar refractivity (Wildman–Crippen MR) is 74.3 cm³/mol. The van der Waals surface area contributed by atoms with Crippen LogP contribution in [0.25, 0.3) is 0 Å². The minimum absolute atomic E-state index is 0.0271. The van der Waals surface area contributed by atoms with Crippen LogP contribution in [0.1, 0.15) is 10.4 Å². The summed E-state index contributed by atoms with van der Waals surface area (Å²) in [4.78, 5) is 15.1. The number of rotatable bonds is 4. The monoisotopic (exact) mass is 313 g/mol. The van der Waals surface area contributed by atoms with Gasteiger partial charge in [-0.2, -0.15) is 0 Å². The van der Waals surface area contributed by atoms with Gasteiger partial charge in [-0.05, 0) is 18.2 Å². The van der Waals surface area contributed by atoms with Gasteiger partial charge in [0.25, 0.3) is 0 Å². The lowest BCUT2D eigenvalue weighted by Crippen LogP contribution is -2.02. The topological polar surface area (TPSA) is 68.7 Å². The Kier molecular flexibility index (Phi) is 4.32. The number of hydrogen-bond acceptors (Lipinski definition) is 4. The van der Waals surface area contributed by atoms with Crippen molar-refractivity contribution in [1.82, 2.24) is 4.98 Å². The highest BCUT2D eigenvalue weighted by molar-refractivity contribution is 6.35. The molecular weight excluding hydrogens is 305 g/mol. The second-order valence-corrected chi connectivity index (χ2v) is 4.53. The molecule has 2 rings (SSSR count). The number of ether oxygens (including phenoxy) is 2. The maximum Gasteiger partial charge on any atom is 0.339 e. The number of nitrogens with zero attached hydrogens (tertiary/aromatic N) is 1. The van der Waals surface area contributed by atoms with Crippen molar-refractivity contribution in [2.75, 3.05) is 7.11 Å². The molecule has 1 aromatic carbocycles. The van der Waals surface area contributed by atoms with E-state index in [9.17, 15) is 4.79 Å². The van der Waals surface area contributed by atoms with Crippen LogP contribution in [0.15, 0.2) is 30.5 Å². The average molecular weight is 314 g/mol. The van der Waals surface area contributed by atoms with E-state index in [1.54, 1.807) is 12.1 Å². The third-order valence-electron chi connectivity index (χ3n) is 2.40. The molecule has 0 unspecified atom stereocenters. The summed E-state index contributed by atoms with van der Waals surface area (Å²) >= 11 is 11.7. The Morgan fingerprint density at radius 3 is 2.70 bits per heavy atom. The highest BCUT2D eigenvalue weighted by Gasteiger charge is 2.18. The van der Waals surface area contributed by atoms with E-state index in [1.807, 2.05) is 0 Å². The number of benzene rings is 1. The van der Waals surface area contributed by atoms with Gasteiger partial charge in [0, 0.05) is 6.20 Å². The van der Waals surface area contributed by atoms with Crippen molar-refractivity contribution in [1.29, 1.82) is 0 Å². The molecule has 0 spiro atoms. The summed E-state index contributed by atoms with van der Waals surface area (Å²) in [6.45, 7) is 0. The van der Waals surface area contributed by atoms with Crippen LogP contribution in [-0.2, 0) is 0 Å². The molecule has 0 aliphatic carbocycles. The Bertz CT molecular complexity index is 661. The maximum absolute atomic E-state index is 11.2. The summed E-state index contributed by atoms with van der Waals surface area (Å²) in [5.74, 6) is -0.816.